The van der Waals surface area contributed by atoms with Crippen LogP contribution in [-0.2, 0) is 0 Å². The van der Waals surface area contributed by atoms with Crippen molar-refractivity contribution in [1.29, 1.82) is 0 Å². The fraction of sp³-hybridized carbons (Fsp3) is 0.250. The fourth-order valence-corrected chi connectivity index (χ4v) is 251. The third-order valence-corrected chi connectivity index (χ3v) is 150. The summed E-state index contributed by atoms with van der Waals surface area (Å²) in [5, 5.41) is 6.98. The summed E-state index contributed by atoms with van der Waals surface area (Å²) in [6.07, 6.45) is 0. The molecule has 4 aromatic carbocycles. The van der Waals surface area contributed by atoms with Gasteiger partial charge in [-0.05, 0) is 0 Å². The molecule has 0 nitrogen and oxygen atoms in total. The zero-order valence-corrected chi connectivity index (χ0v) is 30.5. The lowest BCUT2D eigenvalue weighted by Crippen LogP contribution is -3.11. The van der Waals surface area contributed by atoms with E-state index in [2.05, 4.69) is 174 Å². The maximum Gasteiger partial charge on any atom is 0.0993 e. The monoisotopic (exact) mass is 596 g/mol. The Balaban J connectivity index is 2.09. The molecule has 0 unspecified atom stereocenters. The first-order valence-electron chi connectivity index (χ1n) is 14.1. The molecule has 0 bridgehead atoms. The minimum atomic E-state index is -2.18. The van der Waals surface area contributed by atoms with Gasteiger partial charge < -0.3 is 0 Å². The third kappa shape index (κ3) is 3.22. The predicted molar refractivity (Wildman–Crippen MR) is 186 cm³/mol. The van der Waals surface area contributed by atoms with Crippen LogP contribution in [0.4, 0.5) is 0 Å². The zero-order valence-electron chi connectivity index (χ0n) is 24.5. The van der Waals surface area contributed by atoms with Gasteiger partial charge in [0.25, 0.3) is 0 Å². The van der Waals surface area contributed by atoms with Crippen molar-refractivity contribution >= 4 is 63.4 Å². The van der Waals surface area contributed by atoms with E-state index >= 15 is 0 Å². The van der Waals surface area contributed by atoms with E-state index in [1.165, 1.54) is 0 Å². The summed E-state index contributed by atoms with van der Waals surface area (Å²) in [5.74, 6) is 0. The van der Waals surface area contributed by atoms with Crippen molar-refractivity contribution in [3.8, 4) is 0 Å². The molecule has 1 heterocycles. The molecular weight excluding hydrogens is 553 g/mol. The fourth-order valence-electron chi connectivity index (χ4n) is 9.54. The van der Waals surface area contributed by atoms with Crippen LogP contribution in [0.1, 0.15) is 0 Å². The van der Waals surface area contributed by atoms with E-state index in [1.807, 2.05) is 0 Å². The largest absolute Gasteiger partial charge is 0.0993 e. The average Bonchev–Trinajstić information content (AvgIpc) is 2.90. The molecule has 0 radical (unpaired) electrons. The summed E-state index contributed by atoms with van der Waals surface area (Å²) < 4.78 is 0. The van der Waals surface area contributed by atoms with Crippen LogP contribution in [0.3, 0.4) is 0 Å². The molecule has 0 N–H and O–H groups in total. The second-order valence-corrected chi connectivity index (χ2v) is 79.8. The summed E-state index contributed by atoms with van der Waals surface area (Å²) in [7, 11) is -11.6. The lowest BCUT2D eigenvalue weighted by molar-refractivity contribution is 1.68. The van der Waals surface area contributed by atoms with Crippen LogP contribution in [0.5, 0.6) is 0 Å². The normalized spacial score (nSPS) is 21.9. The molecule has 5 rings (SSSR count). The molecule has 1 saturated heterocycles. The number of hydrogen-bond acceptors (Lipinski definition) is 0. The molecule has 0 aromatic heterocycles. The molecule has 38 heavy (non-hydrogen) atoms. The first kappa shape index (κ1) is 27.7. The Labute approximate surface area is 236 Å². The van der Waals surface area contributed by atoms with Crippen LogP contribution in [0.25, 0.3) is 0 Å². The van der Waals surface area contributed by atoms with E-state index in [4.69, 9.17) is 0 Å². The van der Waals surface area contributed by atoms with Gasteiger partial charge in [-0.2, -0.15) is 0 Å². The van der Waals surface area contributed by atoms with E-state index in [1.54, 1.807) is 20.7 Å². The summed E-state index contributed by atoms with van der Waals surface area (Å²) in [6.45, 7) is 23.2. The van der Waals surface area contributed by atoms with Gasteiger partial charge in [0.1, 0.15) is 0 Å². The maximum absolute atomic E-state index is 2.92. The smallest absolute Gasteiger partial charge is 0.0735 e. The topological polar surface area (TPSA) is 0 Å². The van der Waals surface area contributed by atoms with Gasteiger partial charge >= 0.3 is 0 Å². The average molecular weight is 597 g/mol. The van der Waals surface area contributed by atoms with E-state index in [0.717, 1.165) is 0 Å². The van der Waals surface area contributed by atoms with E-state index < -0.39 is 42.7 Å². The Kier molecular flexibility index (Phi) is 6.85. The van der Waals surface area contributed by atoms with Crippen LogP contribution in [-0.4, -0.2) is 42.7 Å². The Morgan fingerprint density at radius 3 is 0.684 bits per heavy atom. The van der Waals surface area contributed by atoms with Gasteiger partial charge in [-0.25, -0.2) is 0 Å². The highest BCUT2D eigenvalue weighted by Gasteiger charge is 2.83. The van der Waals surface area contributed by atoms with Gasteiger partial charge in [0.15, 0.2) is 0 Å². The number of rotatable bonds is 4. The van der Waals surface area contributed by atoms with Gasteiger partial charge in [0.2, 0.25) is 0 Å². The van der Waals surface area contributed by atoms with Gasteiger partial charge in [-0.15, -0.1) is 0 Å². The standard InChI is InChI=1S/C32H44Si6/c1-33(2)34(3,4)37(29-21-13-9-14-22-29,30-23-15-10-16-24-30)36(7,8)38(35(33,5)6,31-25-17-11-18-26-31)32-27-19-12-20-28-32/h9-28H,1-8H3. The van der Waals surface area contributed by atoms with Crippen molar-refractivity contribution in [3.63, 3.8) is 0 Å². The molecular formula is C32H44Si6. The van der Waals surface area contributed by atoms with Crippen LogP contribution >= 0.6 is 0 Å². The second kappa shape index (κ2) is 9.38. The molecule has 1 aliphatic heterocycles. The SMILES string of the molecule is C[Si]1(C)[Si](C)(C)[Si](c2ccccc2)(c2ccccc2)[Si](C)(C)[Si](c2ccccc2)(c2ccccc2)[Si]1(C)C. The van der Waals surface area contributed by atoms with Crippen molar-refractivity contribution < 1.29 is 0 Å². The summed E-state index contributed by atoms with van der Waals surface area (Å²) in [4.78, 5) is 0. The zero-order chi connectivity index (χ0) is 27.5. The molecule has 196 valence electrons. The Morgan fingerprint density at radius 2 is 0.474 bits per heavy atom. The second-order valence-electron chi connectivity index (χ2n) is 13.5. The Morgan fingerprint density at radius 1 is 0.263 bits per heavy atom. The molecule has 0 saturated carbocycles. The quantitative estimate of drug-likeness (QED) is 0.260. The highest BCUT2D eigenvalue weighted by molar-refractivity contribution is 8.18. The first-order valence-corrected chi connectivity index (χ1v) is 36.1. The minimum Gasteiger partial charge on any atom is -0.0735 e. The van der Waals surface area contributed by atoms with Crippen molar-refractivity contribution in [3.05, 3.63) is 121 Å². The number of benzene rings is 4. The molecule has 1 aliphatic rings. The van der Waals surface area contributed by atoms with Gasteiger partial charge in [-0.1, -0.05) is 194 Å². The van der Waals surface area contributed by atoms with Gasteiger partial charge in [0, 0.05) is 21.3 Å². The van der Waals surface area contributed by atoms with Crippen LogP contribution < -0.4 is 20.7 Å². The van der Waals surface area contributed by atoms with Crippen molar-refractivity contribution in [1.82, 2.24) is 0 Å². The van der Waals surface area contributed by atoms with Gasteiger partial charge in [-0.3, -0.25) is 0 Å². The highest BCUT2D eigenvalue weighted by atomic mass is 30.2. The Bertz CT molecular complexity index is 1210. The molecule has 0 atom stereocenters. The van der Waals surface area contributed by atoms with E-state index in [0.29, 0.717) is 0 Å². The summed E-state index contributed by atoms with van der Waals surface area (Å²) >= 11 is 0. The van der Waals surface area contributed by atoms with Crippen molar-refractivity contribution in [2.24, 2.45) is 0 Å². The summed E-state index contributed by atoms with van der Waals surface area (Å²) in [6, 6.07) is 48.3. The van der Waals surface area contributed by atoms with Gasteiger partial charge in [0.05, 0.1) is 21.3 Å². The molecule has 0 amide bonds. The lowest BCUT2D eigenvalue weighted by atomic mass is 10.4. The molecule has 0 spiro atoms. The summed E-state index contributed by atoms with van der Waals surface area (Å²) in [5.41, 5.74) is 0. The molecule has 1 fully saturated rings. The van der Waals surface area contributed by atoms with E-state index in [-0.39, 0.29) is 0 Å². The lowest BCUT2D eigenvalue weighted by Gasteiger charge is -2.75. The number of hydrogen-bond donors (Lipinski definition) is 0. The van der Waals surface area contributed by atoms with Crippen LogP contribution in [0, 0.1) is 0 Å². The van der Waals surface area contributed by atoms with Crippen molar-refractivity contribution in [2.45, 2.75) is 52.4 Å². The van der Waals surface area contributed by atoms with Crippen LogP contribution in [0.15, 0.2) is 121 Å². The molecule has 6 heteroatoms. The third-order valence-electron chi connectivity index (χ3n) is 11.7. The molecule has 0 aliphatic carbocycles. The Hall–Kier alpha value is -1.82. The first-order chi connectivity index (χ1) is 17.9. The van der Waals surface area contributed by atoms with Crippen LogP contribution in [0.2, 0.25) is 52.4 Å². The highest BCUT2D eigenvalue weighted by Crippen LogP contribution is 2.51. The minimum absolute atomic E-state index is 1.70. The van der Waals surface area contributed by atoms with Crippen molar-refractivity contribution in [2.75, 3.05) is 0 Å². The maximum atomic E-state index is 2.92. The molecule has 4 aromatic rings. The van der Waals surface area contributed by atoms with E-state index in [9.17, 15) is 0 Å². The predicted octanol–water partition coefficient (Wildman–Crippen LogP) is 5.83.